The van der Waals surface area contributed by atoms with Gasteiger partial charge in [-0.1, -0.05) is 39.7 Å². The molecule has 0 spiro atoms. The minimum absolute atomic E-state index is 0.137. The average Bonchev–Trinajstić information content (AvgIpc) is 2.49. The molecule has 0 heterocycles. The summed E-state index contributed by atoms with van der Waals surface area (Å²) in [6, 6.07) is 10.6. The van der Waals surface area contributed by atoms with E-state index in [1.165, 1.54) is 0 Å². The molecule has 0 radical (unpaired) electrons. The number of halogens is 3. The molecule has 5 heteroatoms. The smallest absolute Gasteiger partial charge is 0.146 e. The van der Waals surface area contributed by atoms with Crippen LogP contribution in [0.3, 0.4) is 0 Å². The number of benzene rings is 2. The molecule has 1 atom stereocenters. The fraction of sp³-hybridized carbons (Fsp3) is 0.250. The fourth-order valence-corrected chi connectivity index (χ4v) is 2.80. The molecule has 21 heavy (non-hydrogen) atoms. The molecule has 0 aliphatic rings. The topological polar surface area (TPSA) is 21.3 Å². The number of rotatable bonds is 5. The molecular formula is C16H16BrClFNO. The number of ether oxygens (including phenoxy) is 1. The van der Waals surface area contributed by atoms with Crippen LogP contribution in [0.25, 0.3) is 0 Å². The van der Waals surface area contributed by atoms with E-state index in [0.717, 1.165) is 15.8 Å². The molecule has 0 saturated heterocycles. The molecule has 112 valence electrons. The Labute approximate surface area is 137 Å². The highest BCUT2D eigenvalue weighted by Gasteiger charge is 2.18. The standard InChI is InChI=1S/C16H16BrClFNO/c1-20-15(12-4-3-5-14(18)16(12)19)9-10-8-11(21-2)6-7-13(10)17/h3-8,15,20H,9H2,1-2H3. The van der Waals surface area contributed by atoms with Crippen molar-refractivity contribution in [1.29, 1.82) is 0 Å². The molecule has 0 aliphatic carbocycles. The normalized spacial score (nSPS) is 12.2. The lowest BCUT2D eigenvalue weighted by molar-refractivity contribution is 0.413. The summed E-state index contributed by atoms with van der Waals surface area (Å²) in [5.41, 5.74) is 1.59. The number of methoxy groups -OCH3 is 1. The third kappa shape index (κ3) is 3.76. The van der Waals surface area contributed by atoms with Gasteiger partial charge >= 0.3 is 0 Å². The Balaban J connectivity index is 2.33. The molecule has 2 nitrogen and oxygen atoms in total. The summed E-state index contributed by atoms with van der Waals surface area (Å²) < 4.78 is 20.4. The number of hydrogen-bond donors (Lipinski definition) is 1. The van der Waals surface area contributed by atoms with E-state index < -0.39 is 0 Å². The van der Waals surface area contributed by atoms with Gasteiger partial charge in [-0.25, -0.2) is 4.39 Å². The lowest BCUT2D eigenvalue weighted by Gasteiger charge is -2.19. The zero-order valence-electron chi connectivity index (χ0n) is 11.8. The van der Waals surface area contributed by atoms with Gasteiger partial charge in [0.05, 0.1) is 12.1 Å². The summed E-state index contributed by atoms with van der Waals surface area (Å²) in [5, 5.41) is 3.28. The highest BCUT2D eigenvalue weighted by Crippen LogP contribution is 2.30. The zero-order valence-corrected chi connectivity index (χ0v) is 14.1. The maximum Gasteiger partial charge on any atom is 0.146 e. The van der Waals surface area contributed by atoms with E-state index in [-0.39, 0.29) is 16.9 Å². The van der Waals surface area contributed by atoms with Crippen LogP contribution in [0.15, 0.2) is 40.9 Å². The highest BCUT2D eigenvalue weighted by molar-refractivity contribution is 9.10. The van der Waals surface area contributed by atoms with Crippen LogP contribution in [0.2, 0.25) is 5.02 Å². The van der Waals surface area contributed by atoms with Crippen molar-refractivity contribution in [3.63, 3.8) is 0 Å². The van der Waals surface area contributed by atoms with Gasteiger partial charge in [-0.2, -0.15) is 0 Å². The van der Waals surface area contributed by atoms with Crippen molar-refractivity contribution >= 4 is 27.5 Å². The summed E-state index contributed by atoms with van der Waals surface area (Å²) >= 11 is 9.38. The predicted octanol–water partition coefficient (Wildman–Crippen LogP) is 4.75. The van der Waals surface area contributed by atoms with E-state index in [2.05, 4.69) is 21.2 Å². The summed E-state index contributed by atoms with van der Waals surface area (Å²) in [6.45, 7) is 0. The summed E-state index contributed by atoms with van der Waals surface area (Å²) in [5.74, 6) is 0.396. The van der Waals surface area contributed by atoms with E-state index >= 15 is 0 Å². The average molecular weight is 373 g/mol. The van der Waals surface area contributed by atoms with Crippen LogP contribution >= 0.6 is 27.5 Å². The van der Waals surface area contributed by atoms with E-state index in [9.17, 15) is 4.39 Å². The molecule has 2 aromatic carbocycles. The first-order valence-electron chi connectivity index (χ1n) is 6.50. The molecule has 2 rings (SSSR count). The first-order valence-corrected chi connectivity index (χ1v) is 7.67. The second kappa shape index (κ2) is 7.25. The minimum Gasteiger partial charge on any atom is -0.497 e. The van der Waals surface area contributed by atoms with Crippen LogP contribution in [0.1, 0.15) is 17.2 Å². The molecule has 0 aromatic heterocycles. The SMILES string of the molecule is CNC(Cc1cc(OC)ccc1Br)c1cccc(Cl)c1F. The third-order valence-electron chi connectivity index (χ3n) is 3.38. The Kier molecular flexibility index (Phi) is 5.62. The first kappa shape index (κ1) is 16.3. The van der Waals surface area contributed by atoms with Gasteiger partial charge in [-0.05, 0) is 43.3 Å². The fourth-order valence-electron chi connectivity index (χ4n) is 2.21. The number of nitrogens with one attached hydrogen (secondary N) is 1. The van der Waals surface area contributed by atoms with Crippen molar-refractivity contribution < 1.29 is 9.13 Å². The monoisotopic (exact) mass is 371 g/mol. The summed E-state index contributed by atoms with van der Waals surface area (Å²) in [7, 11) is 3.43. The van der Waals surface area contributed by atoms with Crippen molar-refractivity contribution in [2.45, 2.75) is 12.5 Å². The second-order valence-corrected chi connectivity index (χ2v) is 5.91. The Morgan fingerprint density at radius 2 is 2.10 bits per heavy atom. The second-order valence-electron chi connectivity index (χ2n) is 4.65. The van der Waals surface area contributed by atoms with Crippen LogP contribution in [-0.2, 0) is 6.42 Å². The van der Waals surface area contributed by atoms with Crippen molar-refractivity contribution in [3.05, 3.63) is 62.8 Å². The summed E-state index contributed by atoms with van der Waals surface area (Å²) in [4.78, 5) is 0. The third-order valence-corrected chi connectivity index (χ3v) is 4.45. The van der Waals surface area contributed by atoms with Gasteiger partial charge in [0.1, 0.15) is 11.6 Å². The van der Waals surface area contributed by atoms with E-state index in [4.69, 9.17) is 16.3 Å². The van der Waals surface area contributed by atoms with Crippen molar-refractivity contribution in [2.24, 2.45) is 0 Å². The molecule has 0 amide bonds. The van der Waals surface area contributed by atoms with E-state index in [1.54, 1.807) is 32.4 Å². The van der Waals surface area contributed by atoms with Crippen molar-refractivity contribution in [2.75, 3.05) is 14.2 Å². The quantitative estimate of drug-likeness (QED) is 0.817. The van der Waals surface area contributed by atoms with Gasteiger partial charge in [0.25, 0.3) is 0 Å². The van der Waals surface area contributed by atoms with Gasteiger partial charge in [0.2, 0.25) is 0 Å². The van der Waals surface area contributed by atoms with Crippen molar-refractivity contribution in [3.8, 4) is 5.75 Å². The number of likely N-dealkylation sites (N-methyl/N-ethyl adjacent to an activating group) is 1. The van der Waals surface area contributed by atoms with Crippen molar-refractivity contribution in [1.82, 2.24) is 5.32 Å². The minimum atomic E-state index is -0.377. The molecule has 0 fully saturated rings. The maximum atomic E-state index is 14.2. The largest absolute Gasteiger partial charge is 0.497 e. The Bertz CT molecular complexity index is 636. The van der Waals surface area contributed by atoms with Crippen LogP contribution in [0.5, 0.6) is 5.75 Å². The number of hydrogen-bond acceptors (Lipinski definition) is 2. The highest BCUT2D eigenvalue weighted by atomic mass is 79.9. The molecule has 2 aromatic rings. The summed E-state index contributed by atoms with van der Waals surface area (Å²) in [6.07, 6.45) is 0.617. The van der Waals surface area contributed by atoms with Gasteiger partial charge in [-0.15, -0.1) is 0 Å². The molecule has 0 bridgehead atoms. The molecule has 1 unspecified atom stereocenters. The Hall–Kier alpha value is -1.10. The van der Waals surface area contributed by atoms with Gasteiger partial charge in [0, 0.05) is 16.1 Å². The lowest BCUT2D eigenvalue weighted by atomic mass is 9.98. The van der Waals surface area contributed by atoms with Gasteiger partial charge in [-0.3, -0.25) is 0 Å². The molecular weight excluding hydrogens is 357 g/mol. The lowest BCUT2D eigenvalue weighted by Crippen LogP contribution is -2.20. The van der Waals surface area contributed by atoms with E-state index in [1.807, 2.05) is 18.2 Å². The predicted molar refractivity (Wildman–Crippen MR) is 87.6 cm³/mol. The van der Waals surface area contributed by atoms with Gasteiger partial charge < -0.3 is 10.1 Å². The first-order chi connectivity index (χ1) is 10.1. The molecule has 0 aliphatic heterocycles. The van der Waals surface area contributed by atoms with Crippen LogP contribution in [-0.4, -0.2) is 14.2 Å². The van der Waals surface area contributed by atoms with E-state index in [0.29, 0.717) is 12.0 Å². The zero-order chi connectivity index (χ0) is 15.4. The Morgan fingerprint density at radius 1 is 1.33 bits per heavy atom. The van der Waals surface area contributed by atoms with Crippen LogP contribution in [0, 0.1) is 5.82 Å². The van der Waals surface area contributed by atoms with Gasteiger partial charge in [0.15, 0.2) is 0 Å². The molecule has 1 N–H and O–H groups in total. The Morgan fingerprint density at radius 3 is 2.76 bits per heavy atom. The molecule has 0 saturated carbocycles. The van der Waals surface area contributed by atoms with Crippen LogP contribution < -0.4 is 10.1 Å². The maximum absolute atomic E-state index is 14.2. The van der Waals surface area contributed by atoms with Crippen LogP contribution in [0.4, 0.5) is 4.39 Å².